The molecule has 1 aliphatic rings. The molecular weight excluding hydrogens is 285 g/mol. The number of likely N-dealkylation sites (N-methyl/N-ethyl adjacent to an activating group) is 1. The number of halogens is 1. The summed E-state index contributed by atoms with van der Waals surface area (Å²) in [5.41, 5.74) is 1.56. The molecule has 1 atom stereocenters. The Morgan fingerprint density at radius 1 is 1.45 bits per heavy atom. The van der Waals surface area contributed by atoms with E-state index in [9.17, 15) is 9.18 Å². The van der Waals surface area contributed by atoms with Crippen molar-refractivity contribution in [3.05, 3.63) is 34.6 Å². The molecule has 0 saturated heterocycles. The first-order valence-electron chi connectivity index (χ1n) is 7.52. The Morgan fingerprint density at radius 3 is 2.77 bits per heavy atom. The fraction of sp³-hybridized carbons (Fsp3) is 0.588. The SMILES string of the molecule is Cc1ccc2c(c1F)C(CN(C)C(=O)OC(C)(C)C)OCC2. The number of carbonyl (C=O) groups excluding carboxylic acids is 1. The Balaban J connectivity index is 2.16. The molecule has 1 aromatic carbocycles. The van der Waals surface area contributed by atoms with E-state index in [-0.39, 0.29) is 12.4 Å². The van der Waals surface area contributed by atoms with Gasteiger partial charge in [-0.2, -0.15) is 0 Å². The minimum absolute atomic E-state index is 0.236. The summed E-state index contributed by atoms with van der Waals surface area (Å²) < 4.78 is 25.5. The Kier molecular flexibility index (Phi) is 4.75. The van der Waals surface area contributed by atoms with Gasteiger partial charge in [0.05, 0.1) is 13.2 Å². The number of amides is 1. The molecule has 0 bridgehead atoms. The minimum Gasteiger partial charge on any atom is -0.444 e. The standard InChI is InChI=1S/C17H24FNO3/c1-11-6-7-12-8-9-21-13(14(12)15(11)18)10-19(5)16(20)22-17(2,3)4/h6-7,13H,8-10H2,1-5H3. The van der Waals surface area contributed by atoms with Crippen LogP contribution in [0.2, 0.25) is 0 Å². The van der Waals surface area contributed by atoms with Gasteiger partial charge < -0.3 is 14.4 Å². The monoisotopic (exact) mass is 309 g/mol. The third-order valence-electron chi connectivity index (χ3n) is 3.62. The molecule has 0 saturated carbocycles. The first kappa shape index (κ1) is 16.7. The molecule has 1 heterocycles. The van der Waals surface area contributed by atoms with Gasteiger partial charge in [-0.25, -0.2) is 9.18 Å². The Hall–Kier alpha value is -1.62. The highest BCUT2D eigenvalue weighted by molar-refractivity contribution is 5.67. The molecule has 0 spiro atoms. The lowest BCUT2D eigenvalue weighted by Gasteiger charge is -2.31. The second-order valence-corrected chi connectivity index (χ2v) is 6.74. The van der Waals surface area contributed by atoms with E-state index in [4.69, 9.17) is 9.47 Å². The lowest BCUT2D eigenvalue weighted by atomic mass is 9.94. The lowest BCUT2D eigenvalue weighted by molar-refractivity contribution is -0.00302. The molecule has 22 heavy (non-hydrogen) atoms. The first-order chi connectivity index (χ1) is 10.2. The summed E-state index contributed by atoms with van der Waals surface area (Å²) in [5.74, 6) is -0.236. The topological polar surface area (TPSA) is 38.8 Å². The van der Waals surface area contributed by atoms with Crippen molar-refractivity contribution < 1.29 is 18.7 Å². The molecule has 1 aliphatic heterocycles. The van der Waals surface area contributed by atoms with Crippen LogP contribution in [0.3, 0.4) is 0 Å². The van der Waals surface area contributed by atoms with Crippen molar-refractivity contribution >= 4 is 6.09 Å². The molecule has 2 rings (SSSR count). The Bertz CT molecular complexity index is 566. The third kappa shape index (κ3) is 3.77. The van der Waals surface area contributed by atoms with Crippen molar-refractivity contribution in [3.63, 3.8) is 0 Å². The molecule has 0 radical (unpaired) electrons. The number of nitrogens with zero attached hydrogens (tertiary/aromatic N) is 1. The zero-order valence-corrected chi connectivity index (χ0v) is 13.9. The third-order valence-corrected chi connectivity index (χ3v) is 3.62. The van der Waals surface area contributed by atoms with Crippen LogP contribution >= 0.6 is 0 Å². The van der Waals surface area contributed by atoms with E-state index >= 15 is 0 Å². The zero-order chi connectivity index (χ0) is 16.5. The molecule has 1 amide bonds. The fourth-order valence-corrected chi connectivity index (χ4v) is 2.51. The van der Waals surface area contributed by atoms with Gasteiger partial charge in [0.1, 0.15) is 17.5 Å². The maximum atomic E-state index is 14.4. The summed E-state index contributed by atoms with van der Waals surface area (Å²) in [6, 6.07) is 3.73. The highest BCUT2D eigenvalue weighted by Gasteiger charge is 2.29. The Morgan fingerprint density at radius 2 is 2.14 bits per heavy atom. The van der Waals surface area contributed by atoms with Crippen LogP contribution in [0.4, 0.5) is 9.18 Å². The molecule has 122 valence electrons. The molecular formula is C17H24FNO3. The summed E-state index contributed by atoms with van der Waals surface area (Å²) in [6.45, 7) is 7.97. The summed E-state index contributed by atoms with van der Waals surface area (Å²) in [7, 11) is 1.64. The van der Waals surface area contributed by atoms with E-state index < -0.39 is 17.8 Å². The summed E-state index contributed by atoms with van der Waals surface area (Å²) in [6.07, 6.45) is -0.198. The predicted molar refractivity (Wildman–Crippen MR) is 82.4 cm³/mol. The van der Waals surface area contributed by atoms with Crippen molar-refractivity contribution in [2.75, 3.05) is 20.2 Å². The van der Waals surface area contributed by atoms with Gasteiger partial charge in [0, 0.05) is 12.6 Å². The van der Waals surface area contributed by atoms with Crippen LogP contribution in [0, 0.1) is 12.7 Å². The highest BCUT2D eigenvalue weighted by atomic mass is 19.1. The zero-order valence-electron chi connectivity index (χ0n) is 13.9. The molecule has 1 unspecified atom stereocenters. The van der Waals surface area contributed by atoms with Crippen molar-refractivity contribution in [3.8, 4) is 0 Å². The predicted octanol–water partition coefficient (Wildman–Crippen LogP) is 3.61. The quantitative estimate of drug-likeness (QED) is 0.837. The number of rotatable bonds is 2. The largest absolute Gasteiger partial charge is 0.444 e. The van der Waals surface area contributed by atoms with E-state index in [1.165, 1.54) is 4.90 Å². The van der Waals surface area contributed by atoms with Crippen molar-refractivity contribution in [2.24, 2.45) is 0 Å². The van der Waals surface area contributed by atoms with E-state index in [1.54, 1.807) is 20.0 Å². The number of hydrogen-bond donors (Lipinski definition) is 0. The highest BCUT2D eigenvalue weighted by Crippen LogP contribution is 2.31. The van der Waals surface area contributed by atoms with Crippen LogP contribution in [0.15, 0.2) is 12.1 Å². The summed E-state index contributed by atoms with van der Waals surface area (Å²) in [4.78, 5) is 13.5. The number of carbonyl (C=O) groups is 1. The average molecular weight is 309 g/mol. The maximum absolute atomic E-state index is 14.4. The molecule has 0 fully saturated rings. The van der Waals surface area contributed by atoms with E-state index in [1.807, 2.05) is 26.8 Å². The first-order valence-corrected chi connectivity index (χ1v) is 7.52. The summed E-state index contributed by atoms with van der Waals surface area (Å²) in [5, 5.41) is 0. The van der Waals surface area contributed by atoms with Gasteiger partial charge in [0.25, 0.3) is 0 Å². The number of fused-ring (bicyclic) bond motifs is 1. The van der Waals surface area contributed by atoms with Crippen LogP contribution < -0.4 is 0 Å². The molecule has 0 aromatic heterocycles. The van der Waals surface area contributed by atoms with E-state index in [0.717, 1.165) is 5.56 Å². The molecule has 5 heteroatoms. The van der Waals surface area contributed by atoms with Gasteiger partial charge in [-0.15, -0.1) is 0 Å². The maximum Gasteiger partial charge on any atom is 0.410 e. The Labute approximate surface area is 131 Å². The lowest BCUT2D eigenvalue weighted by Crippen LogP contribution is -2.38. The van der Waals surface area contributed by atoms with Crippen LogP contribution in [0.25, 0.3) is 0 Å². The van der Waals surface area contributed by atoms with Crippen LogP contribution in [-0.4, -0.2) is 36.8 Å². The normalized spacial score (nSPS) is 17.8. The molecule has 0 N–H and O–H groups in total. The van der Waals surface area contributed by atoms with Crippen LogP contribution in [0.1, 0.15) is 43.6 Å². The van der Waals surface area contributed by atoms with Gasteiger partial charge in [-0.1, -0.05) is 12.1 Å². The molecule has 0 aliphatic carbocycles. The van der Waals surface area contributed by atoms with Gasteiger partial charge >= 0.3 is 6.09 Å². The number of ether oxygens (including phenoxy) is 2. The molecule has 1 aromatic rings. The van der Waals surface area contributed by atoms with Crippen molar-refractivity contribution in [1.82, 2.24) is 4.90 Å². The van der Waals surface area contributed by atoms with Crippen molar-refractivity contribution in [1.29, 1.82) is 0 Å². The van der Waals surface area contributed by atoms with Gasteiger partial charge in [-0.3, -0.25) is 0 Å². The average Bonchev–Trinajstić information content (AvgIpc) is 2.41. The number of hydrogen-bond acceptors (Lipinski definition) is 3. The number of aryl methyl sites for hydroxylation is 1. The minimum atomic E-state index is -0.557. The molecule has 4 nitrogen and oxygen atoms in total. The van der Waals surface area contributed by atoms with Crippen molar-refractivity contribution in [2.45, 2.75) is 45.8 Å². The van der Waals surface area contributed by atoms with E-state index in [0.29, 0.717) is 24.2 Å². The van der Waals surface area contributed by atoms with Crippen LogP contribution in [0.5, 0.6) is 0 Å². The second kappa shape index (κ2) is 6.24. The van der Waals surface area contributed by atoms with E-state index in [2.05, 4.69) is 0 Å². The van der Waals surface area contributed by atoms with Crippen LogP contribution in [-0.2, 0) is 15.9 Å². The van der Waals surface area contributed by atoms with Gasteiger partial charge in [-0.05, 0) is 45.2 Å². The second-order valence-electron chi connectivity index (χ2n) is 6.74. The van der Waals surface area contributed by atoms with Gasteiger partial charge in [0.2, 0.25) is 0 Å². The fourth-order valence-electron chi connectivity index (χ4n) is 2.51. The smallest absolute Gasteiger partial charge is 0.410 e. The van der Waals surface area contributed by atoms with Gasteiger partial charge in [0.15, 0.2) is 0 Å². The summed E-state index contributed by atoms with van der Waals surface area (Å²) >= 11 is 0. The number of benzene rings is 1.